The van der Waals surface area contributed by atoms with E-state index in [9.17, 15) is 4.79 Å². The molecular weight excluding hydrogens is 248 g/mol. The second-order valence-electron chi connectivity index (χ2n) is 6.54. The van der Waals surface area contributed by atoms with Crippen molar-refractivity contribution in [2.45, 2.75) is 46.1 Å². The van der Waals surface area contributed by atoms with Gasteiger partial charge in [0, 0.05) is 19.5 Å². The zero-order chi connectivity index (χ0) is 14.6. The second kappa shape index (κ2) is 6.40. The van der Waals surface area contributed by atoms with Crippen LogP contribution in [0.15, 0.2) is 24.3 Å². The summed E-state index contributed by atoms with van der Waals surface area (Å²) >= 11 is 0. The largest absolute Gasteiger partial charge is 0.338 e. The normalized spacial score (nSPS) is 15.1. The molecule has 0 saturated heterocycles. The first-order valence-electron chi connectivity index (χ1n) is 7.56. The van der Waals surface area contributed by atoms with Crippen molar-refractivity contribution < 1.29 is 4.79 Å². The summed E-state index contributed by atoms with van der Waals surface area (Å²) in [5, 5.41) is 0. The number of carbonyl (C=O) groups is 1. The number of hydrogen-bond donors (Lipinski definition) is 1. The molecule has 1 aliphatic heterocycles. The van der Waals surface area contributed by atoms with E-state index < -0.39 is 0 Å². The van der Waals surface area contributed by atoms with Crippen LogP contribution in [-0.2, 0) is 17.8 Å². The Morgan fingerprint density at radius 2 is 1.95 bits per heavy atom. The SMILES string of the molecule is CC(C)(CCN)CCC(=O)N1CCc2ccccc2C1. The number of hydrogen-bond acceptors (Lipinski definition) is 2. The summed E-state index contributed by atoms with van der Waals surface area (Å²) < 4.78 is 0. The molecule has 1 heterocycles. The molecule has 0 bridgehead atoms. The van der Waals surface area contributed by atoms with Gasteiger partial charge in [0.05, 0.1) is 0 Å². The summed E-state index contributed by atoms with van der Waals surface area (Å²) in [5.74, 6) is 0.282. The minimum absolute atomic E-state index is 0.165. The number of benzene rings is 1. The van der Waals surface area contributed by atoms with Crippen molar-refractivity contribution in [3.05, 3.63) is 35.4 Å². The lowest BCUT2D eigenvalue weighted by Gasteiger charge is -2.30. The highest BCUT2D eigenvalue weighted by molar-refractivity contribution is 5.76. The van der Waals surface area contributed by atoms with Crippen LogP contribution in [0.2, 0.25) is 0 Å². The number of nitrogens with zero attached hydrogens (tertiary/aromatic N) is 1. The van der Waals surface area contributed by atoms with Crippen LogP contribution in [0.1, 0.15) is 44.2 Å². The Hall–Kier alpha value is -1.35. The molecular formula is C17H26N2O. The van der Waals surface area contributed by atoms with Crippen LogP contribution in [0.4, 0.5) is 0 Å². The van der Waals surface area contributed by atoms with Crippen LogP contribution in [0.25, 0.3) is 0 Å². The second-order valence-corrected chi connectivity index (χ2v) is 6.54. The third kappa shape index (κ3) is 3.83. The van der Waals surface area contributed by atoms with Gasteiger partial charge in [0.2, 0.25) is 5.91 Å². The molecule has 1 amide bonds. The van der Waals surface area contributed by atoms with Crippen LogP contribution in [-0.4, -0.2) is 23.9 Å². The van der Waals surface area contributed by atoms with Crippen LogP contribution < -0.4 is 5.73 Å². The molecule has 20 heavy (non-hydrogen) atoms. The third-order valence-corrected chi connectivity index (χ3v) is 4.32. The Morgan fingerprint density at radius 1 is 1.25 bits per heavy atom. The first-order valence-corrected chi connectivity index (χ1v) is 7.56. The van der Waals surface area contributed by atoms with E-state index in [4.69, 9.17) is 5.73 Å². The van der Waals surface area contributed by atoms with Gasteiger partial charge in [0.15, 0.2) is 0 Å². The van der Waals surface area contributed by atoms with Gasteiger partial charge in [-0.25, -0.2) is 0 Å². The Kier molecular flexibility index (Phi) is 4.81. The monoisotopic (exact) mass is 274 g/mol. The summed E-state index contributed by atoms with van der Waals surface area (Å²) in [6.45, 7) is 6.70. The molecule has 0 unspecified atom stereocenters. The minimum atomic E-state index is 0.165. The summed E-state index contributed by atoms with van der Waals surface area (Å²) in [6.07, 6.45) is 3.51. The minimum Gasteiger partial charge on any atom is -0.338 e. The lowest BCUT2D eigenvalue weighted by molar-refractivity contribution is -0.132. The smallest absolute Gasteiger partial charge is 0.222 e. The molecule has 0 aromatic heterocycles. The quantitative estimate of drug-likeness (QED) is 0.897. The zero-order valence-corrected chi connectivity index (χ0v) is 12.7. The molecule has 1 aromatic carbocycles. The molecule has 0 spiro atoms. The Morgan fingerprint density at radius 3 is 2.65 bits per heavy atom. The van der Waals surface area contributed by atoms with Crippen molar-refractivity contribution >= 4 is 5.91 Å². The molecule has 2 N–H and O–H groups in total. The maximum atomic E-state index is 12.4. The molecule has 0 saturated carbocycles. The van der Waals surface area contributed by atoms with E-state index in [0.717, 1.165) is 32.4 Å². The zero-order valence-electron chi connectivity index (χ0n) is 12.7. The highest BCUT2D eigenvalue weighted by Crippen LogP contribution is 2.27. The molecule has 0 radical (unpaired) electrons. The number of nitrogens with two attached hydrogens (primary N) is 1. The number of fused-ring (bicyclic) bond motifs is 1. The topological polar surface area (TPSA) is 46.3 Å². The fourth-order valence-corrected chi connectivity index (χ4v) is 2.83. The number of carbonyl (C=O) groups excluding carboxylic acids is 1. The Labute approximate surface area is 122 Å². The van der Waals surface area contributed by atoms with Crippen LogP contribution in [0.3, 0.4) is 0 Å². The Balaban J connectivity index is 1.89. The molecule has 3 heteroatoms. The number of rotatable bonds is 5. The first-order chi connectivity index (χ1) is 9.52. The van der Waals surface area contributed by atoms with Gasteiger partial charge in [-0.15, -0.1) is 0 Å². The van der Waals surface area contributed by atoms with E-state index in [1.807, 2.05) is 4.90 Å². The van der Waals surface area contributed by atoms with Crippen molar-refractivity contribution in [3.8, 4) is 0 Å². The average molecular weight is 274 g/mol. The van der Waals surface area contributed by atoms with Gasteiger partial charge in [-0.1, -0.05) is 38.1 Å². The van der Waals surface area contributed by atoms with Gasteiger partial charge in [-0.05, 0) is 42.3 Å². The molecule has 2 rings (SSSR count). The summed E-state index contributed by atoms with van der Waals surface area (Å²) in [4.78, 5) is 14.4. The summed E-state index contributed by atoms with van der Waals surface area (Å²) in [7, 11) is 0. The van der Waals surface area contributed by atoms with Crippen LogP contribution >= 0.6 is 0 Å². The van der Waals surface area contributed by atoms with Gasteiger partial charge >= 0.3 is 0 Å². The molecule has 0 atom stereocenters. The average Bonchev–Trinajstić information content (AvgIpc) is 2.44. The van der Waals surface area contributed by atoms with Gasteiger partial charge in [0.25, 0.3) is 0 Å². The fraction of sp³-hybridized carbons (Fsp3) is 0.588. The predicted octanol–water partition coefficient (Wildman–Crippen LogP) is 2.73. The molecule has 0 fully saturated rings. The van der Waals surface area contributed by atoms with Crippen molar-refractivity contribution in [1.82, 2.24) is 4.90 Å². The first kappa shape index (κ1) is 15.0. The maximum Gasteiger partial charge on any atom is 0.222 e. The van der Waals surface area contributed by atoms with E-state index in [1.54, 1.807) is 0 Å². The lowest BCUT2D eigenvalue weighted by Crippen LogP contribution is -2.36. The van der Waals surface area contributed by atoms with E-state index in [1.165, 1.54) is 11.1 Å². The molecule has 110 valence electrons. The highest BCUT2D eigenvalue weighted by atomic mass is 16.2. The third-order valence-electron chi connectivity index (χ3n) is 4.32. The van der Waals surface area contributed by atoms with Gasteiger partial charge in [0.1, 0.15) is 0 Å². The van der Waals surface area contributed by atoms with Crippen molar-refractivity contribution in [2.75, 3.05) is 13.1 Å². The van der Waals surface area contributed by atoms with Gasteiger partial charge < -0.3 is 10.6 Å². The molecule has 3 nitrogen and oxygen atoms in total. The van der Waals surface area contributed by atoms with Crippen LogP contribution in [0, 0.1) is 5.41 Å². The summed E-state index contributed by atoms with van der Waals surface area (Å²) in [6, 6.07) is 8.43. The molecule has 1 aromatic rings. The summed E-state index contributed by atoms with van der Waals surface area (Å²) in [5.41, 5.74) is 8.47. The van der Waals surface area contributed by atoms with Gasteiger partial charge in [-0.3, -0.25) is 4.79 Å². The Bertz CT molecular complexity index is 468. The van der Waals surface area contributed by atoms with Crippen molar-refractivity contribution in [2.24, 2.45) is 11.1 Å². The number of amides is 1. The predicted molar refractivity (Wildman–Crippen MR) is 82.2 cm³/mol. The fourth-order valence-electron chi connectivity index (χ4n) is 2.83. The molecule has 1 aliphatic rings. The van der Waals surface area contributed by atoms with Crippen molar-refractivity contribution in [1.29, 1.82) is 0 Å². The van der Waals surface area contributed by atoms with E-state index in [-0.39, 0.29) is 11.3 Å². The highest BCUT2D eigenvalue weighted by Gasteiger charge is 2.23. The van der Waals surface area contributed by atoms with Crippen molar-refractivity contribution in [3.63, 3.8) is 0 Å². The van der Waals surface area contributed by atoms with Gasteiger partial charge in [-0.2, -0.15) is 0 Å². The van der Waals surface area contributed by atoms with Crippen LogP contribution in [0.5, 0.6) is 0 Å². The van der Waals surface area contributed by atoms with E-state index in [0.29, 0.717) is 13.0 Å². The maximum absolute atomic E-state index is 12.4. The van der Waals surface area contributed by atoms with E-state index in [2.05, 4.69) is 38.1 Å². The molecule has 0 aliphatic carbocycles. The lowest BCUT2D eigenvalue weighted by atomic mass is 9.84. The standard InChI is InChI=1S/C17H26N2O/c1-17(2,10-11-18)9-7-16(20)19-12-8-14-5-3-4-6-15(14)13-19/h3-6H,7-13,18H2,1-2H3. The van der Waals surface area contributed by atoms with E-state index >= 15 is 0 Å².